The van der Waals surface area contributed by atoms with Crippen LogP contribution in [0, 0.1) is 17.3 Å². The molecule has 110 valence electrons. The van der Waals surface area contributed by atoms with Gasteiger partial charge in [0.05, 0.1) is 19.1 Å². The maximum atomic E-state index is 12.2. The highest BCUT2D eigenvalue weighted by atomic mass is 16.5. The first-order valence-electron chi connectivity index (χ1n) is 7.06. The van der Waals surface area contributed by atoms with Gasteiger partial charge in [0.15, 0.2) is 5.78 Å². The molecule has 2 aliphatic carbocycles. The summed E-state index contributed by atoms with van der Waals surface area (Å²) in [6, 6.07) is 0. The van der Waals surface area contributed by atoms with E-state index in [9.17, 15) is 14.7 Å². The minimum absolute atomic E-state index is 0.191. The van der Waals surface area contributed by atoms with Crippen LogP contribution in [0.15, 0.2) is 23.3 Å². The zero-order valence-electron chi connectivity index (χ0n) is 12.5. The van der Waals surface area contributed by atoms with Crippen molar-refractivity contribution in [3.05, 3.63) is 23.3 Å². The van der Waals surface area contributed by atoms with Crippen molar-refractivity contribution < 1.29 is 19.4 Å². The standard InChI is InChI=1S/C16H22O4/c1-9-5-6-13(17)12-7-14(18)11(8-16(9,12)3)10(2)15(19)20-4/h7-10,13,17H,5-6H2,1-4H3. The summed E-state index contributed by atoms with van der Waals surface area (Å²) in [7, 11) is 1.32. The van der Waals surface area contributed by atoms with Crippen molar-refractivity contribution in [2.75, 3.05) is 7.11 Å². The van der Waals surface area contributed by atoms with Crippen LogP contribution in [-0.2, 0) is 14.3 Å². The Morgan fingerprint density at radius 1 is 1.50 bits per heavy atom. The molecule has 0 aromatic heterocycles. The average Bonchev–Trinajstić information content (AvgIpc) is 2.43. The smallest absolute Gasteiger partial charge is 0.312 e. The summed E-state index contributed by atoms with van der Waals surface area (Å²) in [5, 5.41) is 10.1. The molecule has 1 fully saturated rings. The van der Waals surface area contributed by atoms with E-state index in [1.165, 1.54) is 13.2 Å². The largest absolute Gasteiger partial charge is 0.469 e. The van der Waals surface area contributed by atoms with Crippen molar-refractivity contribution in [3.8, 4) is 0 Å². The SMILES string of the molecule is COC(=O)C(C)C1=CC2(C)C(=CC1=O)C(O)CCC2C. The highest BCUT2D eigenvalue weighted by molar-refractivity contribution is 6.09. The van der Waals surface area contributed by atoms with Crippen LogP contribution in [0.2, 0.25) is 0 Å². The van der Waals surface area contributed by atoms with Crippen molar-refractivity contribution in [3.63, 3.8) is 0 Å². The molecule has 0 heterocycles. The maximum absolute atomic E-state index is 12.2. The number of aliphatic hydroxyl groups excluding tert-OH is 1. The molecule has 4 unspecified atom stereocenters. The molecule has 1 saturated carbocycles. The van der Waals surface area contributed by atoms with E-state index >= 15 is 0 Å². The number of hydrogen-bond donors (Lipinski definition) is 1. The molecule has 2 aliphatic rings. The van der Waals surface area contributed by atoms with Crippen molar-refractivity contribution in [2.24, 2.45) is 17.3 Å². The molecule has 1 N–H and O–H groups in total. The summed E-state index contributed by atoms with van der Waals surface area (Å²) < 4.78 is 4.73. The topological polar surface area (TPSA) is 63.6 Å². The molecule has 0 amide bonds. The minimum atomic E-state index is -0.576. The van der Waals surface area contributed by atoms with Crippen LogP contribution in [0.5, 0.6) is 0 Å². The normalized spacial score (nSPS) is 34.8. The summed E-state index contributed by atoms with van der Waals surface area (Å²) in [6.07, 6.45) is 4.42. The van der Waals surface area contributed by atoms with Crippen molar-refractivity contribution in [2.45, 2.75) is 39.7 Å². The van der Waals surface area contributed by atoms with Crippen molar-refractivity contribution in [1.29, 1.82) is 0 Å². The van der Waals surface area contributed by atoms with Gasteiger partial charge >= 0.3 is 5.97 Å². The van der Waals surface area contributed by atoms with Crippen LogP contribution >= 0.6 is 0 Å². The predicted octanol–water partition coefficient (Wildman–Crippen LogP) is 2.03. The molecule has 0 aromatic rings. The molecule has 0 spiro atoms. The lowest BCUT2D eigenvalue weighted by atomic mass is 9.60. The van der Waals surface area contributed by atoms with E-state index in [0.29, 0.717) is 17.9 Å². The zero-order chi connectivity index (χ0) is 15.1. The third-order valence-corrected chi connectivity index (χ3v) is 4.93. The number of ether oxygens (including phenoxy) is 1. The van der Waals surface area contributed by atoms with Gasteiger partial charge in [-0.3, -0.25) is 9.59 Å². The second kappa shape index (κ2) is 5.17. The molecule has 2 rings (SSSR count). The lowest BCUT2D eigenvalue weighted by Crippen LogP contribution is -2.41. The fraction of sp³-hybridized carbons (Fsp3) is 0.625. The van der Waals surface area contributed by atoms with Gasteiger partial charge in [0.25, 0.3) is 0 Å². The number of esters is 1. The summed E-state index contributed by atoms with van der Waals surface area (Å²) in [4.78, 5) is 23.9. The average molecular weight is 278 g/mol. The van der Waals surface area contributed by atoms with Gasteiger partial charge in [0.1, 0.15) is 0 Å². The molecule has 0 aliphatic heterocycles. The molecule has 0 radical (unpaired) electrons. The molecule has 20 heavy (non-hydrogen) atoms. The molecule has 0 aromatic carbocycles. The van der Waals surface area contributed by atoms with Gasteiger partial charge in [-0.05, 0) is 37.3 Å². The van der Waals surface area contributed by atoms with Gasteiger partial charge in [-0.15, -0.1) is 0 Å². The Morgan fingerprint density at radius 2 is 2.15 bits per heavy atom. The Balaban J connectivity index is 2.43. The molecular formula is C16H22O4. The van der Waals surface area contributed by atoms with Crippen LogP contribution in [0.25, 0.3) is 0 Å². The van der Waals surface area contributed by atoms with E-state index in [1.807, 2.05) is 13.0 Å². The Kier molecular flexibility index (Phi) is 3.87. The number of fused-ring (bicyclic) bond motifs is 1. The van der Waals surface area contributed by atoms with E-state index in [0.717, 1.165) is 12.0 Å². The molecule has 4 atom stereocenters. The lowest BCUT2D eigenvalue weighted by Gasteiger charge is -2.44. The quantitative estimate of drug-likeness (QED) is 0.785. The van der Waals surface area contributed by atoms with Crippen LogP contribution < -0.4 is 0 Å². The van der Waals surface area contributed by atoms with Crippen molar-refractivity contribution in [1.82, 2.24) is 0 Å². The van der Waals surface area contributed by atoms with E-state index in [-0.39, 0.29) is 11.2 Å². The third-order valence-electron chi connectivity index (χ3n) is 4.93. The molecule has 4 heteroatoms. The van der Waals surface area contributed by atoms with E-state index in [1.54, 1.807) is 6.92 Å². The highest BCUT2D eigenvalue weighted by Gasteiger charge is 2.44. The lowest BCUT2D eigenvalue weighted by molar-refractivity contribution is -0.144. The Labute approximate surface area is 119 Å². The monoisotopic (exact) mass is 278 g/mol. The highest BCUT2D eigenvalue weighted by Crippen LogP contribution is 2.49. The molecule has 4 nitrogen and oxygen atoms in total. The number of rotatable bonds is 2. The molecular weight excluding hydrogens is 256 g/mol. The van der Waals surface area contributed by atoms with Crippen LogP contribution in [-0.4, -0.2) is 30.1 Å². The summed E-state index contributed by atoms with van der Waals surface area (Å²) >= 11 is 0. The van der Waals surface area contributed by atoms with Gasteiger partial charge in [-0.1, -0.05) is 19.9 Å². The number of allylic oxidation sites excluding steroid dienone is 2. The van der Waals surface area contributed by atoms with Crippen LogP contribution in [0.3, 0.4) is 0 Å². The Hall–Kier alpha value is -1.42. The number of carbonyl (C=O) groups excluding carboxylic acids is 2. The second-order valence-electron chi connectivity index (χ2n) is 6.09. The van der Waals surface area contributed by atoms with Gasteiger partial charge in [0.2, 0.25) is 0 Å². The number of ketones is 1. The predicted molar refractivity (Wildman–Crippen MR) is 74.9 cm³/mol. The molecule has 0 bridgehead atoms. The van der Waals surface area contributed by atoms with E-state index in [4.69, 9.17) is 4.74 Å². The minimum Gasteiger partial charge on any atom is -0.469 e. The van der Waals surface area contributed by atoms with Crippen molar-refractivity contribution >= 4 is 11.8 Å². The van der Waals surface area contributed by atoms with Crippen LogP contribution in [0.4, 0.5) is 0 Å². The zero-order valence-corrected chi connectivity index (χ0v) is 12.5. The van der Waals surface area contributed by atoms with Gasteiger partial charge in [0, 0.05) is 11.0 Å². The van der Waals surface area contributed by atoms with E-state index < -0.39 is 18.0 Å². The summed E-state index contributed by atoms with van der Waals surface area (Å²) in [6.45, 7) is 5.83. The fourth-order valence-electron chi connectivity index (χ4n) is 3.24. The molecule has 0 saturated heterocycles. The Morgan fingerprint density at radius 3 is 2.75 bits per heavy atom. The van der Waals surface area contributed by atoms with Gasteiger partial charge < -0.3 is 9.84 Å². The maximum Gasteiger partial charge on any atom is 0.312 e. The first kappa shape index (κ1) is 15.0. The first-order chi connectivity index (χ1) is 9.31. The second-order valence-corrected chi connectivity index (χ2v) is 6.09. The fourth-order valence-corrected chi connectivity index (χ4v) is 3.24. The summed E-state index contributed by atoms with van der Waals surface area (Å²) in [5.74, 6) is -0.851. The Bertz CT molecular complexity index is 503. The van der Waals surface area contributed by atoms with Gasteiger partial charge in [-0.2, -0.15) is 0 Å². The van der Waals surface area contributed by atoms with Crippen LogP contribution in [0.1, 0.15) is 33.6 Å². The third kappa shape index (κ3) is 2.22. The number of aliphatic hydroxyl groups is 1. The van der Waals surface area contributed by atoms with E-state index in [2.05, 4.69) is 6.92 Å². The number of methoxy groups -OCH3 is 1. The first-order valence-corrected chi connectivity index (χ1v) is 7.06. The number of hydrogen-bond acceptors (Lipinski definition) is 4. The number of carbonyl (C=O) groups is 2. The summed E-state index contributed by atoms with van der Waals surface area (Å²) in [5.41, 5.74) is 0.898. The van der Waals surface area contributed by atoms with Gasteiger partial charge in [-0.25, -0.2) is 0 Å².